The summed E-state index contributed by atoms with van der Waals surface area (Å²) >= 11 is 0. The summed E-state index contributed by atoms with van der Waals surface area (Å²) in [6, 6.07) is 0. The minimum absolute atomic E-state index is 0.384. The van der Waals surface area contributed by atoms with E-state index in [1.54, 1.807) is 0 Å². The number of hydrogen-bond donors (Lipinski definition) is 0. The largest absolute Gasteiger partial charge is 0.295 e. The van der Waals surface area contributed by atoms with E-state index in [9.17, 15) is 4.79 Å². The lowest BCUT2D eigenvalue weighted by atomic mass is 9.68. The molecule has 2 heteroatoms. The molecule has 3 aliphatic rings. The van der Waals surface area contributed by atoms with Gasteiger partial charge in [0.25, 0.3) is 0 Å². The van der Waals surface area contributed by atoms with Gasteiger partial charge in [0.2, 0.25) is 0 Å². The summed E-state index contributed by atoms with van der Waals surface area (Å²) in [5.41, 5.74) is 0.470. The van der Waals surface area contributed by atoms with Crippen LogP contribution in [-0.2, 0) is 4.79 Å². The lowest BCUT2D eigenvalue weighted by Crippen LogP contribution is -2.35. The molecule has 94 valence electrons. The van der Waals surface area contributed by atoms with Crippen molar-refractivity contribution in [3.63, 3.8) is 0 Å². The summed E-state index contributed by atoms with van der Waals surface area (Å²) in [6.45, 7) is 11.7. The average molecular weight is 248 g/mol. The Balaban J connectivity index is 1.98. The Kier molecular flexibility index (Phi) is 2.16. The minimum atomic E-state index is -1.42. The van der Waals surface area contributed by atoms with Crippen LogP contribution in [0.2, 0.25) is 19.6 Å². The summed E-state index contributed by atoms with van der Waals surface area (Å²) in [4.78, 5) is 12.6. The van der Waals surface area contributed by atoms with Crippen molar-refractivity contribution in [1.82, 2.24) is 0 Å². The Bertz CT molecular complexity index is 413. The van der Waals surface area contributed by atoms with Crippen LogP contribution >= 0.6 is 0 Å². The van der Waals surface area contributed by atoms with Crippen LogP contribution in [0.1, 0.15) is 26.7 Å². The van der Waals surface area contributed by atoms with Crippen molar-refractivity contribution in [2.75, 3.05) is 0 Å². The first kappa shape index (κ1) is 11.7. The van der Waals surface area contributed by atoms with E-state index in [0.29, 0.717) is 29.0 Å². The molecular weight excluding hydrogens is 224 g/mol. The van der Waals surface area contributed by atoms with E-state index in [2.05, 4.69) is 39.6 Å². The molecule has 3 rings (SSSR count). The number of carbonyl (C=O) groups excluding carboxylic acids is 1. The van der Waals surface area contributed by atoms with Gasteiger partial charge in [-0.25, -0.2) is 0 Å². The van der Waals surface area contributed by atoms with E-state index in [4.69, 9.17) is 0 Å². The van der Waals surface area contributed by atoms with Gasteiger partial charge in [0.15, 0.2) is 5.78 Å². The first-order valence-corrected chi connectivity index (χ1v) is 10.5. The molecule has 17 heavy (non-hydrogen) atoms. The van der Waals surface area contributed by atoms with Gasteiger partial charge in [-0.05, 0) is 41.2 Å². The van der Waals surface area contributed by atoms with Crippen LogP contribution in [0.25, 0.3) is 0 Å². The SMILES string of the molecule is CC1(C)CC2CC1C1C=C([Si](C)(C)C)C(=O)C21. The van der Waals surface area contributed by atoms with Gasteiger partial charge in [0.05, 0.1) is 8.07 Å². The molecule has 0 spiro atoms. The Morgan fingerprint density at radius 2 is 1.94 bits per heavy atom. The molecule has 2 bridgehead atoms. The number of hydrogen-bond acceptors (Lipinski definition) is 1. The van der Waals surface area contributed by atoms with Gasteiger partial charge in [-0.3, -0.25) is 4.79 Å². The highest BCUT2D eigenvalue weighted by Gasteiger charge is 2.60. The molecule has 0 amide bonds. The molecule has 2 fully saturated rings. The Morgan fingerprint density at radius 3 is 2.53 bits per heavy atom. The fourth-order valence-corrected chi connectivity index (χ4v) is 6.35. The van der Waals surface area contributed by atoms with Crippen LogP contribution in [0.3, 0.4) is 0 Å². The number of allylic oxidation sites excluding steroid dienone is 2. The quantitative estimate of drug-likeness (QED) is 0.647. The van der Waals surface area contributed by atoms with Gasteiger partial charge in [-0.2, -0.15) is 0 Å². The first-order valence-electron chi connectivity index (χ1n) is 6.98. The minimum Gasteiger partial charge on any atom is -0.295 e. The topological polar surface area (TPSA) is 17.1 Å². The second-order valence-corrected chi connectivity index (χ2v) is 13.1. The predicted molar refractivity (Wildman–Crippen MR) is 73.4 cm³/mol. The molecular formula is C15H24OSi. The summed E-state index contributed by atoms with van der Waals surface area (Å²) < 4.78 is 0. The third-order valence-corrected chi connectivity index (χ3v) is 7.50. The van der Waals surface area contributed by atoms with Gasteiger partial charge in [-0.1, -0.05) is 39.6 Å². The van der Waals surface area contributed by atoms with Crippen LogP contribution in [-0.4, -0.2) is 13.9 Å². The van der Waals surface area contributed by atoms with E-state index in [0.717, 1.165) is 5.92 Å². The average Bonchev–Trinajstić information content (AvgIpc) is 2.72. The van der Waals surface area contributed by atoms with Crippen molar-refractivity contribution in [2.45, 2.75) is 46.3 Å². The second kappa shape index (κ2) is 3.14. The van der Waals surface area contributed by atoms with Crippen molar-refractivity contribution in [2.24, 2.45) is 29.1 Å². The van der Waals surface area contributed by atoms with Gasteiger partial charge < -0.3 is 0 Å². The Hall–Kier alpha value is -0.373. The maximum atomic E-state index is 12.6. The van der Waals surface area contributed by atoms with Crippen molar-refractivity contribution >= 4 is 13.9 Å². The van der Waals surface area contributed by atoms with E-state index >= 15 is 0 Å². The summed E-state index contributed by atoms with van der Waals surface area (Å²) in [5.74, 6) is 2.98. The van der Waals surface area contributed by atoms with Gasteiger partial charge in [0.1, 0.15) is 0 Å². The van der Waals surface area contributed by atoms with Gasteiger partial charge in [-0.15, -0.1) is 0 Å². The van der Waals surface area contributed by atoms with Crippen LogP contribution < -0.4 is 0 Å². The molecule has 0 aromatic heterocycles. The number of ketones is 1. The fraction of sp³-hybridized carbons (Fsp3) is 0.800. The number of carbonyl (C=O) groups is 1. The molecule has 0 aromatic carbocycles. The second-order valence-electron chi connectivity index (χ2n) is 8.09. The summed E-state index contributed by atoms with van der Waals surface area (Å²) in [6.07, 6.45) is 4.99. The maximum absolute atomic E-state index is 12.6. The highest BCUT2D eigenvalue weighted by Crippen LogP contribution is 2.64. The smallest absolute Gasteiger partial charge is 0.158 e. The van der Waals surface area contributed by atoms with E-state index < -0.39 is 8.07 Å². The molecule has 4 atom stereocenters. The molecule has 0 heterocycles. The predicted octanol–water partition coefficient (Wildman–Crippen LogP) is 3.67. The standard InChI is InChI=1S/C15H24OSi/c1-15(2)8-9-6-11(15)10-7-12(17(3,4)5)14(16)13(9)10/h7,9-11,13H,6,8H2,1-5H3. The molecule has 0 radical (unpaired) electrons. The monoisotopic (exact) mass is 248 g/mol. The Labute approximate surface area is 106 Å². The number of Topliss-reactive ketones (excluding diaryl/α,β-unsaturated/α-hetero) is 1. The number of fused-ring (bicyclic) bond motifs is 5. The molecule has 0 aromatic rings. The third kappa shape index (κ3) is 1.46. The van der Waals surface area contributed by atoms with Crippen molar-refractivity contribution < 1.29 is 4.79 Å². The van der Waals surface area contributed by atoms with Crippen molar-refractivity contribution in [3.8, 4) is 0 Å². The van der Waals surface area contributed by atoms with Crippen LogP contribution in [0.5, 0.6) is 0 Å². The zero-order valence-corrected chi connectivity index (χ0v) is 12.7. The van der Waals surface area contributed by atoms with E-state index in [1.165, 1.54) is 18.0 Å². The lowest BCUT2D eigenvalue weighted by molar-refractivity contribution is -0.120. The molecule has 2 saturated carbocycles. The maximum Gasteiger partial charge on any atom is 0.158 e. The normalized spacial score (nSPS) is 42.9. The van der Waals surface area contributed by atoms with Crippen LogP contribution in [0.15, 0.2) is 11.3 Å². The molecule has 0 saturated heterocycles. The van der Waals surface area contributed by atoms with Crippen LogP contribution in [0.4, 0.5) is 0 Å². The van der Waals surface area contributed by atoms with Crippen molar-refractivity contribution in [3.05, 3.63) is 11.3 Å². The zero-order valence-electron chi connectivity index (χ0n) is 11.7. The first-order chi connectivity index (χ1) is 7.72. The fourth-order valence-electron chi connectivity index (χ4n) is 4.75. The molecule has 4 unspecified atom stereocenters. The van der Waals surface area contributed by atoms with Crippen LogP contribution in [0, 0.1) is 29.1 Å². The Morgan fingerprint density at radius 1 is 1.29 bits per heavy atom. The summed E-state index contributed by atoms with van der Waals surface area (Å²) in [5, 5.41) is 1.25. The number of rotatable bonds is 1. The molecule has 0 N–H and O–H groups in total. The van der Waals surface area contributed by atoms with E-state index in [1.807, 2.05) is 0 Å². The molecule has 0 aliphatic heterocycles. The molecule has 1 nitrogen and oxygen atoms in total. The third-order valence-electron chi connectivity index (χ3n) is 5.47. The van der Waals surface area contributed by atoms with Gasteiger partial charge in [0, 0.05) is 5.92 Å². The highest BCUT2D eigenvalue weighted by molar-refractivity contribution is 6.87. The lowest BCUT2D eigenvalue weighted by Gasteiger charge is -2.36. The zero-order chi connectivity index (χ0) is 12.6. The van der Waals surface area contributed by atoms with Crippen molar-refractivity contribution in [1.29, 1.82) is 0 Å². The van der Waals surface area contributed by atoms with E-state index in [-0.39, 0.29) is 0 Å². The molecule has 3 aliphatic carbocycles. The highest BCUT2D eigenvalue weighted by atomic mass is 28.3. The summed E-state index contributed by atoms with van der Waals surface area (Å²) in [7, 11) is -1.42. The van der Waals surface area contributed by atoms with Gasteiger partial charge >= 0.3 is 0 Å².